The number of fused-ring (bicyclic) bond motifs is 1. The molecule has 2 rings (SSSR count). The van der Waals surface area contributed by atoms with Gasteiger partial charge < -0.3 is 20.1 Å². The van der Waals surface area contributed by atoms with Crippen molar-refractivity contribution in [1.29, 1.82) is 0 Å². The molecule has 1 atom stereocenters. The predicted molar refractivity (Wildman–Crippen MR) is 48.5 cm³/mol. The lowest BCUT2D eigenvalue weighted by atomic mass is 10.1. The molecule has 78 valence electrons. The van der Waals surface area contributed by atoms with Gasteiger partial charge in [-0.05, 0) is 13.0 Å². The summed E-state index contributed by atoms with van der Waals surface area (Å²) in [5, 5.41) is 13.6. The standard InChI is InChI=1S/C9H14N2O3/c10-3-1-8(12)9-6-5-13-4-2-7(6)11-14-9/h8,12H,1-5,10H2. The molecule has 3 N–H and O–H groups in total. The molecule has 0 aliphatic carbocycles. The second-order valence-electron chi connectivity index (χ2n) is 3.37. The van der Waals surface area contributed by atoms with Crippen molar-refractivity contribution >= 4 is 0 Å². The summed E-state index contributed by atoms with van der Waals surface area (Å²) in [6.07, 6.45) is 0.591. The Hall–Kier alpha value is -0.910. The Morgan fingerprint density at radius 1 is 1.57 bits per heavy atom. The number of nitrogens with two attached hydrogens (primary N) is 1. The van der Waals surface area contributed by atoms with Crippen molar-refractivity contribution in [3.8, 4) is 0 Å². The normalized spacial score (nSPS) is 17.9. The van der Waals surface area contributed by atoms with Crippen molar-refractivity contribution in [3.05, 3.63) is 17.0 Å². The number of aliphatic hydroxyl groups excluding tert-OH is 1. The van der Waals surface area contributed by atoms with E-state index in [0.717, 1.165) is 17.7 Å². The highest BCUT2D eigenvalue weighted by Crippen LogP contribution is 2.26. The molecular formula is C9H14N2O3. The van der Waals surface area contributed by atoms with E-state index in [4.69, 9.17) is 15.0 Å². The zero-order valence-corrected chi connectivity index (χ0v) is 7.90. The molecule has 14 heavy (non-hydrogen) atoms. The van der Waals surface area contributed by atoms with Gasteiger partial charge in [0.25, 0.3) is 0 Å². The van der Waals surface area contributed by atoms with Crippen LogP contribution in [0.15, 0.2) is 4.52 Å². The van der Waals surface area contributed by atoms with Crippen molar-refractivity contribution < 1.29 is 14.4 Å². The van der Waals surface area contributed by atoms with Crippen LogP contribution in [0.1, 0.15) is 29.5 Å². The van der Waals surface area contributed by atoms with Gasteiger partial charge in [-0.25, -0.2) is 0 Å². The number of nitrogens with zero attached hydrogens (tertiary/aromatic N) is 1. The van der Waals surface area contributed by atoms with Gasteiger partial charge >= 0.3 is 0 Å². The summed E-state index contributed by atoms with van der Waals surface area (Å²) >= 11 is 0. The van der Waals surface area contributed by atoms with E-state index in [1.165, 1.54) is 0 Å². The van der Waals surface area contributed by atoms with Gasteiger partial charge in [-0.1, -0.05) is 5.16 Å². The zero-order chi connectivity index (χ0) is 9.97. The molecule has 0 saturated heterocycles. The highest BCUT2D eigenvalue weighted by Gasteiger charge is 2.24. The summed E-state index contributed by atoms with van der Waals surface area (Å²) in [6.45, 7) is 1.58. The van der Waals surface area contributed by atoms with Crippen LogP contribution in [-0.2, 0) is 17.8 Å². The van der Waals surface area contributed by atoms with Crippen LogP contribution in [0, 0.1) is 0 Å². The Morgan fingerprint density at radius 2 is 2.43 bits per heavy atom. The first kappa shape index (κ1) is 9.64. The van der Waals surface area contributed by atoms with E-state index in [1.54, 1.807) is 0 Å². The van der Waals surface area contributed by atoms with Crippen molar-refractivity contribution in [1.82, 2.24) is 5.16 Å². The number of aromatic nitrogens is 1. The molecule has 2 heterocycles. The molecule has 0 spiro atoms. The number of hydrogen-bond donors (Lipinski definition) is 2. The first-order chi connectivity index (χ1) is 6.83. The van der Waals surface area contributed by atoms with Gasteiger partial charge in [0.2, 0.25) is 0 Å². The van der Waals surface area contributed by atoms with Crippen LogP contribution in [0.25, 0.3) is 0 Å². The number of aliphatic hydroxyl groups is 1. The van der Waals surface area contributed by atoms with E-state index in [0.29, 0.717) is 31.9 Å². The zero-order valence-electron chi connectivity index (χ0n) is 7.90. The minimum atomic E-state index is -0.655. The Morgan fingerprint density at radius 3 is 3.21 bits per heavy atom. The maximum Gasteiger partial charge on any atom is 0.170 e. The quantitative estimate of drug-likeness (QED) is 0.721. The minimum absolute atomic E-state index is 0.428. The minimum Gasteiger partial charge on any atom is -0.385 e. The molecule has 5 heteroatoms. The van der Waals surface area contributed by atoms with E-state index < -0.39 is 6.10 Å². The van der Waals surface area contributed by atoms with E-state index in [1.807, 2.05) is 0 Å². The largest absolute Gasteiger partial charge is 0.385 e. The second-order valence-corrected chi connectivity index (χ2v) is 3.37. The smallest absolute Gasteiger partial charge is 0.170 e. The Balaban J connectivity index is 2.21. The molecule has 0 fully saturated rings. The van der Waals surface area contributed by atoms with Gasteiger partial charge in [-0.15, -0.1) is 0 Å². The summed E-state index contributed by atoms with van der Waals surface area (Å²) in [5.41, 5.74) is 7.16. The average molecular weight is 198 g/mol. The van der Waals surface area contributed by atoms with Crippen LogP contribution in [0.4, 0.5) is 0 Å². The highest BCUT2D eigenvalue weighted by atomic mass is 16.5. The second kappa shape index (κ2) is 4.08. The molecule has 0 aromatic carbocycles. The predicted octanol–water partition coefficient (Wildman–Crippen LogP) is 0.129. The fourth-order valence-corrected chi connectivity index (χ4v) is 1.60. The van der Waals surface area contributed by atoms with Gasteiger partial charge in [0.05, 0.1) is 18.9 Å². The third-order valence-corrected chi connectivity index (χ3v) is 2.37. The summed E-state index contributed by atoms with van der Waals surface area (Å²) in [5.74, 6) is 0.519. The van der Waals surface area contributed by atoms with Crippen LogP contribution in [-0.4, -0.2) is 23.4 Å². The maximum atomic E-state index is 9.70. The third kappa shape index (κ3) is 1.66. The van der Waals surface area contributed by atoms with Crippen LogP contribution in [0.3, 0.4) is 0 Å². The van der Waals surface area contributed by atoms with Crippen LogP contribution < -0.4 is 5.73 Å². The summed E-state index contributed by atoms with van der Waals surface area (Å²) in [4.78, 5) is 0. The van der Waals surface area contributed by atoms with Crippen molar-refractivity contribution in [2.24, 2.45) is 5.73 Å². The summed E-state index contributed by atoms with van der Waals surface area (Å²) in [7, 11) is 0. The molecule has 1 unspecified atom stereocenters. The van der Waals surface area contributed by atoms with Crippen molar-refractivity contribution in [2.75, 3.05) is 13.2 Å². The van der Waals surface area contributed by atoms with Gasteiger partial charge in [0, 0.05) is 12.0 Å². The molecular weight excluding hydrogens is 184 g/mol. The number of ether oxygens (including phenoxy) is 1. The third-order valence-electron chi connectivity index (χ3n) is 2.37. The number of hydrogen-bond acceptors (Lipinski definition) is 5. The van der Waals surface area contributed by atoms with Gasteiger partial charge in [-0.2, -0.15) is 0 Å². The first-order valence-corrected chi connectivity index (χ1v) is 4.76. The fourth-order valence-electron chi connectivity index (χ4n) is 1.60. The molecule has 0 amide bonds. The lowest BCUT2D eigenvalue weighted by molar-refractivity contribution is 0.101. The molecule has 1 aliphatic heterocycles. The van der Waals surface area contributed by atoms with Gasteiger partial charge in [0.15, 0.2) is 5.76 Å². The topological polar surface area (TPSA) is 81.5 Å². The first-order valence-electron chi connectivity index (χ1n) is 4.76. The lowest BCUT2D eigenvalue weighted by Crippen LogP contribution is -2.12. The molecule has 0 saturated carbocycles. The monoisotopic (exact) mass is 198 g/mol. The molecule has 5 nitrogen and oxygen atoms in total. The average Bonchev–Trinajstić information content (AvgIpc) is 2.61. The Kier molecular flexibility index (Phi) is 2.81. The van der Waals surface area contributed by atoms with E-state index in [-0.39, 0.29) is 0 Å². The Bertz CT molecular complexity index is 311. The molecule has 1 aromatic rings. The number of rotatable bonds is 3. The van der Waals surface area contributed by atoms with Gasteiger partial charge in [-0.3, -0.25) is 0 Å². The molecule has 0 bridgehead atoms. The SMILES string of the molecule is NCCC(O)c1onc2c1COCC2. The molecule has 1 aromatic heterocycles. The maximum absolute atomic E-state index is 9.70. The highest BCUT2D eigenvalue weighted by molar-refractivity contribution is 5.25. The fraction of sp³-hybridized carbons (Fsp3) is 0.667. The van der Waals surface area contributed by atoms with Crippen molar-refractivity contribution in [2.45, 2.75) is 25.6 Å². The Labute approximate surface area is 81.8 Å². The van der Waals surface area contributed by atoms with Crippen LogP contribution in [0.2, 0.25) is 0 Å². The van der Waals surface area contributed by atoms with E-state index in [9.17, 15) is 5.11 Å². The van der Waals surface area contributed by atoms with Crippen LogP contribution in [0.5, 0.6) is 0 Å². The summed E-state index contributed by atoms with van der Waals surface area (Å²) < 4.78 is 10.4. The van der Waals surface area contributed by atoms with E-state index >= 15 is 0 Å². The van der Waals surface area contributed by atoms with E-state index in [2.05, 4.69) is 5.16 Å². The lowest BCUT2D eigenvalue weighted by Gasteiger charge is -2.12. The van der Waals surface area contributed by atoms with Gasteiger partial charge in [0.1, 0.15) is 6.10 Å². The molecule has 0 radical (unpaired) electrons. The van der Waals surface area contributed by atoms with Crippen molar-refractivity contribution in [3.63, 3.8) is 0 Å². The van der Waals surface area contributed by atoms with Crippen LogP contribution >= 0.6 is 0 Å². The summed E-state index contributed by atoms with van der Waals surface area (Å²) in [6, 6.07) is 0. The molecule has 1 aliphatic rings.